The highest BCUT2D eigenvalue weighted by Gasteiger charge is 2.40. The summed E-state index contributed by atoms with van der Waals surface area (Å²) < 4.78 is 5.23. The van der Waals surface area contributed by atoms with Gasteiger partial charge in [0.15, 0.2) is 0 Å². The molecule has 2 heterocycles. The first kappa shape index (κ1) is 13.3. The number of guanidine groups is 1. The Bertz CT molecular complexity index is 626. The van der Waals surface area contributed by atoms with Gasteiger partial charge in [-0.05, 0) is 5.56 Å². The highest BCUT2D eigenvalue weighted by molar-refractivity contribution is 6.19. The van der Waals surface area contributed by atoms with Gasteiger partial charge in [0, 0.05) is 6.54 Å². The van der Waals surface area contributed by atoms with E-state index in [1.807, 2.05) is 30.3 Å². The lowest BCUT2D eigenvalue weighted by atomic mass is 10.1. The number of hydrogen-bond acceptors (Lipinski definition) is 4. The minimum Gasteiger partial charge on any atom is -0.445 e. The second kappa shape index (κ2) is 5.35. The van der Waals surface area contributed by atoms with Crippen molar-refractivity contribution in [3.8, 4) is 0 Å². The number of carbonyl (C=O) groups is 2. The van der Waals surface area contributed by atoms with Crippen LogP contribution in [0.1, 0.15) is 5.56 Å². The van der Waals surface area contributed by atoms with E-state index in [9.17, 15) is 9.59 Å². The van der Waals surface area contributed by atoms with Gasteiger partial charge in [0.1, 0.15) is 6.61 Å². The SMILES string of the molecule is N=C1N=C2CN(C(=O)OCc3ccccc3)CC2C(=O)N1. The lowest BCUT2D eigenvalue weighted by Gasteiger charge is -2.16. The minimum absolute atomic E-state index is 0.175. The molecular formula is C14H14N4O3. The summed E-state index contributed by atoms with van der Waals surface area (Å²) in [4.78, 5) is 29.1. The molecule has 1 atom stereocenters. The molecule has 0 radical (unpaired) electrons. The lowest BCUT2D eigenvalue weighted by Crippen LogP contribution is -2.42. The van der Waals surface area contributed by atoms with Gasteiger partial charge in [0.2, 0.25) is 11.9 Å². The molecule has 1 aromatic rings. The third-order valence-corrected chi connectivity index (χ3v) is 3.43. The normalized spacial score (nSPS) is 20.7. The van der Waals surface area contributed by atoms with Crippen LogP contribution in [-0.2, 0) is 16.1 Å². The number of ether oxygens (including phenoxy) is 1. The Balaban J connectivity index is 1.61. The van der Waals surface area contributed by atoms with Gasteiger partial charge < -0.3 is 9.64 Å². The van der Waals surface area contributed by atoms with Crippen molar-refractivity contribution in [1.29, 1.82) is 5.41 Å². The van der Waals surface area contributed by atoms with Crippen LogP contribution in [0, 0.1) is 11.3 Å². The van der Waals surface area contributed by atoms with Gasteiger partial charge in [-0.25, -0.2) is 9.79 Å². The van der Waals surface area contributed by atoms with E-state index in [1.54, 1.807) is 0 Å². The number of nitrogens with zero attached hydrogens (tertiary/aromatic N) is 2. The number of hydrogen-bond donors (Lipinski definition) is 2. The van der Waals surface area contributed by atoms with E-state index >= 15 is 0 Å². The van der Waals surface area contributed by atoms with E-state index in [2.05, 4.69) is 10.3 Å². The number of carbonyl (C=O) groups excluding carboxylic acids is 2. The fourth-order valence-electron chi connectivity index (χ4n) is 2.37. The Kier molecular flexibility index (Phi) is 3.39. The molecule has 0 aliphatic carbocycles. The zero-order chi connectivity index (χ0) is 14.8. The van der Waals surface area contributed by atoms with Crippen molar-refractivity contribution >= 4 is 23.7 Å². The van der Waals surface area contributed by atoms with E-state index in [0.29, 0.717) is 5.71 Å². The molecule has 0 bridgehead atoms. The molecule has 1 unspecified atom stereocenters. The van der Waals surface area contributed by atoms with E-state index < -0.39 is 12.0 Å². The molecule has 0 saturated carbocycles. The smallest absolute Gasteiger partial charge is 0.410 e. The van der Waals surface area contributed by atoms with Crippen molar-refractivity contribution in [3.05, 3.63) is 35.9 Å². The molecule has 2 aliphatic rings. The van der Waals surface area contributed by atoms with Crippen LogP contribution in [0.25, 0.3) is 0 Å². The van der Waals surface area contributed by atoms with Crippen molar-refractivity contribution in [2.45, 2.75) is 6.61 Å². The maximum atomic E-state index is 12.0. The van der Waals surface area contributed by atoms with Crippen LogP contribution in [0.4, 0.5) is 4.79 Å². The Labute approximate surface area is 121 Å². The third kappa shape index (κ3) is 2.76. The number of amides is 2. The van der Waals surface area contributed by atoms with Gasteiger partial charge in [-0.2, -0.15) is 0 Å². The van der Waals surface area contributed by atoms with Crippen molar-refractivity contribution in [2.75, 3.05) is 13.1 Å². The lowest BCUT2D eigenvalue weighted by molar-refractivity contribution is -0.121. The Morgan fingerprint density at radius 1 is 1.43 bits per heavy atom. The summed E-state index contributed by atoms with van der Waals surface area (Å²) in [7, 11) is 0. The zero-order valence-corrected chi connectivity index (χ0v) is 11.2. The number of rotatable bonds is 2. The zero-order valence-electron chi connectivity index (χ0n) is 11.2. The maximum absolute atomic E-state index is 12.0. The van der Waals surface area contributed by atoms with Crippen LogP contribution < -0.4 is 5.32 Å². The van der Waals surface area contributed by atoms with Gasteiger partial charge in [-0.1, -0.05) is 30.3 Å². The molecule has 0 spiro atoms. The van der Waals surface area contributed by atoms with Crippen molar-refractivity contribution in [3.63, 3.8) is 0 Å². The van der Waals surface area contributed by atoms with Gasteiger partial charge in [-0.15, -0.1) is 0 Å². The molecular weight excluding hydrogens is 272 g/mol. The van der Waals surface area contributed by atoms with Gasteiger partial charge in [0.25, 0.3) is 0 Å². The summed E-state index contributed by atoms with van der Waals surface area (Å²) in [5.41, 5.74) is 1.44. The summed E-state index contributed by atoms with van der Waals surface area (Å²) in [6.45, 7) is 0.662. The second-order valence-electron chi connectivity index (χ2n) is 4.91. The molecule has 2 amide bonds. The Morgan fingerprint density at radius 2 is 2.19 bits per heavy atom. The van der Waals surface area contributed by atoms with Crippen LogP contribution in [0.15, 0.2) is 35.3 Å². The van der Waals surface area contributed by atoms with Crippen LogP contribution in [0.5, 0.6) is 0 Å². The highest BCUT2D eigenvalue weighted by Crippen LogP contribution is 2.18. The monoisotopic (exact) mass is 286 g/mol. The summed E-state index contributed by atoms with van der Waals surface area (Å²) in [6, 6.07) is 9.38. The summed E-state index contributed by atoms with van der Waals surface area (Å²) >= 11 is 0. The van der Waals surface area contributed by atoms with Crippen molar-refractivity contribution in [2.24, 2.45) is 10.9 Å². The summed E-state index contributed by atoms with van der Waals surface area (Å²) in [5.74, 6) is -0.933. The molecule has 0 aromatic heterocycles. The Hall–Kier alpha value is -2.70. The Morgan fingerprint density at radius 3 is 2.95 bits per heavy atom. The highest BCUT2D eigenvalue weighted by atomic mass is 16.6. The quantitative estimate of drug-likeness (QED) is 0.840. The largest absolute Gasteiger partial charge is 0.445 e. The van der Waals surface area contributed by atoms with Gasteiger partial charge in [0.05, 0.1) is 18.2 Å². The average molecular weight is 286 g/mol. The molecule has 7 nitrogen and oxygen atoms in total. The predicted octanol–water partition coefficient (Wildman–Crippen LogP) is 0.761. The molecule has 2 aliphatic heterocycles. The number of aliphatic imine (C=N–C) groups is 1. The fourth-order valence-corrected chi connectivity index (χ4v) is 2.37. The van der Waals surface area contributed by atoms with Crippen molar-refractivity contribution in [1.82, 2.24) is 10.2 Å². The molecule has 1 fully saturated rings. The first-order valence-electron chi connectivity index (χ1n) is 6.56. The third-order valence-electron chi connectivity index (χ3n) is 3.43. The summed E-state index contributed by atoms with van der Waals surface area (Å²) in [6.07, 6.45) is -0.477. The first-order valence-corrected chi connectivity index (χ1v) is 6.56. The average Bonchev–Trinajstić information content (AvgIpc) is 2.90. The van der Waals surface area contributed by atoms with E-state index in [-0.39, 0.29) is 31.6 Å². The van der Waals surface area contributed by atoms with Crippen LogP contribution in [-0.4, -0.2) is 41.7 Å². The maximum Gasteiger partial charge on any atom is 0.410 e. The predicted molar refractivity (Wildman–Crippen MR) is 75.0 cm³/mol. The standard InChI is InChI=1S/C14H14N4O3/c15-13-16-11-7-18(6-10(11)12(19)17-13)14(20)21-8-9-4-2-1-3-5-9/h1-5,10H,6-8H2,(H2,15,17,19). The van der Waals surface area contributed by atoms with Crippen LogP contribution >= 0.6 is 0 Å². The van der Waals surface area contributed by atoms with Crippen molar-refractivity contribution < 1.29 is 14.3 Å². The number of nitrogens with one attached hydrogen (secondary N) is 2. The molecule has 108 valence electrons. The topological polar surface area (TPSA) is 94.8 Å². The molecule has 1 saturated heterocycles. The number of fused-ring (bicyclic) bond motifs is 1. The van der Waals surface area contributed by atoms with E-state index in [0.717, 1.165) is 5.56 Å². The van der Waals surface area contributed by atoms with Crippen LogP contribution in [0.3, 0.4) is 0 Å². The van der Waals surface area contributed by atoms with E-state index in [1.165, 1.54) is 4.90 Å². The minimum atomic E-state index is -0.477. The number of likely N-dealkylation sites (tertiary alicyclic amines) is 1. The second-order valence-corrected chi connectivity index (χ2v) is 4.91. The molecule has 7 heteroatoms. The molecule has 3 rings (SSSR count). The molecule has 2 N–H and O–H groups in total. The van der Waals surface area contributed by atoms with Crippen LogP contribution in [0.2, 0.25) is 0 Å². The number of benzene rings is 1. The summed E-state index contributed by atoms with van der Waals surface area (Å²) in [5, 5.41) is 9.73. The fraction of sp³-hybridized carbons (Fsp3) is 0.286. The molecule has 21 heavy (non-hydrogen) atoms. The van der Waals surface area contributed by atoms with Gasteiger partial charge in [-0.3, -0.25) is 15.5 Å². The first-order chi connectivity index (χ1) is 10.1. The van der Waals surface area contributed by atoms with E-state index in [4.69, 9.17) is 10.1 Å². The van der Waals surface area contributed by atoms with Gasteiger partial charge >= 0.3 is 6.09 Å². The molecule has 1 aromatic carbocycles.